The van der Waals surface area contributed by atoms with Gasteiger partial charge in [0, 0.05) is 12.0 Å². The van der Waals surface area contributed by atoms with E-state index in [9.17, 15) is 15.0 Å². The molecule has 0 saturated heterocycles. The normalized spacial score (nSPS) is 40.4. The van der Waals surface area contributed by atoms with Crippen molar-refractivity contribution in [2.24, 2.45) is 5.92 Å². The molecule has 0 aromatic heterocycles. The van der Waals surface area contributed by atoms with Crippen LogP contribution in [0.5, 0.6) is 11.5 Å². The first kappa shape index (κ1) is 15.9. The lowest BCUT2D eigenvalue weighted by Gasteiger charge is -2.58. The summed E-state index contributed by atoms with van der Waals surface area (Å²) < 4.78 is 11.5. The van der Waals surface area contributed by atoms with Gasteiger partial charge in [0.05, 0.1) is 18.6 Å². The zero-order chi connectivity index (χ0) is 17.3. The summed E-state index contributed by atoms with van der Waals surface area (Å²) in [6.07, 6.45) is 0.453. The maximum atomic E-state index is 12.7. The van der Waals surface area contributed by atoms with Crippen LogP contribution < -0.4 is 9.47 Å². The van der Waals surface area contributed by atoms with Gasteiger partial charge in [0.15, 0.2) is 23.4 Å². The van der Waals surface area contributed by atoms with Gasteiger partial charge in [-0.3, -0.25) is 4.79 Å². The summed E-state index contributed by atoms with van der Waals surface area (Å²) in [7, 11) is 1.57. The average molecular weight is 332 g/mol. The number of benzene rings is 1. The third-order valence-electron chi connectivity index (χ3n) is 6.55. The first-order valence-corrected chi connectivity index (χ1v) is 8.65. The molecule has 5 heteroatoms. The van der Waals surface area contributed by atoms with Gasteiger partial charge in [0.1, 0.15) is 5.60 Å². The Morgan fingerprint density at radius 2 is 2.12 bits per heavy atom. The number of aryl methyl sites for hydroxylation is 1. The predicted molar refractivity (Wildman–Crippen MR) is 87.4 cm³/mol. The molecule has 5 nitrogen and oxygen atoms in total. The van der Waals surface area contributed by atoms with E-state index in [1.165, 1.54) is 0 Å². The van der Waals surface area contributed by atoms with Crippen molar-refractivity contribution in [3.8, 4) is 11.5 Å². The molecule has 1 aliphatic heterocycles. The van der Waals surface area contributed by atoms with E-state index in [2.05, 4.69) is 0 Å². The van der Waals surface area contributed by atoms with Crippen LogP contribution in [0.3, 0.4) is 0 Å². The van der Waals surface area contributed by atoms with Gasteiger partial charge in [-0.1, -0.05) is 19.4 Å². The van der Waals surface area contributed by atoms with Crippen molar-refractivity contribution in [2.75, 3.05) is 7.11 Å². The standard InChI is InChI=1S/C19H24O5/c1-10-6-7-13(23-3)16-15(10)18-8-4-5-11(2)19(18,22)14(21)9-12(20)17(18)24-16/h6-7,11,14,17,21-22H,4-5,8-9H2,1-3H3/t11-,14-,17-,18-,19-/m0/s1. The molecule has 0 radical (unpaired) electrons. The number of rotatable bonds is 1. The van der Waals surface area contributed by atoms with Gasteiger partial charge in [0.2, 0.25) is 0 Å². The van der Waals surface area contributed by atoms with E-state index in [0.29, 0.717) is 17.9 Å². The van der Waals surface area contributed by atoms with E-state index in [4.69, 9.17) is 9.47 Å². The van der Waals surface area contributed by atoms with Crippen LogP contribution >= 0.6 is 0 Å². The Kier molecular flexibility index (Phi) is 3.29. The summed E-state index contributed by atoms with van der Waals surface area (Å²) in [6.45, 7) is 3.93. The monoisotopic (exact) mass is 332 g/mol. The fraction of sp³-hybridized carbons (Fsp3) is 0.632. The van der Waals surface area contributed by atoms with Crippen LogP contribution in [0.4, 0.5) is 0 Å². The van der Waals surface area contributed by atoms with Crippen LogP contribution in [0.25, 0.3) is 0 Å². The summed E-state index contributed by atoms with van der Waals surface area (Å²) in [5.74, 6) is 0.871. The summed E-state index contributed by atoms with van der Waals surface area (Å²) in [4.78, 5) is 12.7. The minimum Gasteiger partial charge on any atom is -0.493 e. The first-order chi connectivity index (χ1) is 11.4. The molecule has 4 rings (SSSR count). The van der Waals surface area contributed by atoms with E-state index in [-0.39, 0.29) is 18.1 Å². The van der Waals surface area contributed by atoms with Crippen LogP contribution in [0.2, 0.25) is 0 Å². The smallest absolute Gasteiger partial charge is 0.177 e. The largest absolute Gasteiger partial charge is 0.493 e. The Hall–Kier alpha value is -1.59. The highest BCUT2D eigenvalue weighted by Crippen LogP contribution is 2.63. The number of fused-ring (bicyclic) bond motifs is 1. The second kappa shape index (κ2) is 4.96. The number of hydrogen-bond acceptors (Lipinski definition) is 5. The molecule has 2 aliphatic carbocycles. The molecule has 0 unspecified atom stereocenters. The zero-order valence-electron chi connectivity index (χ0n) is 14.3. The molecule has 0 bridgehead atoms. The third-order valence-corrected chi connectivity index (χ3v) is 6.55. The van der Waals surface area contributed by atoms with Crippen molar-refractivity contribution >= 4 is 5.78 Å². The molecule has 2 saturated carbocycles. The van der Waals surface area contributed by atoms with E-state index in [1.807, 2.05) is 26.0 Å². The number of aliphatic hydroxyl groups is 2. The summed E-state index contributed by atoms with van der Waals surface area (Å²) >= 11 is 0. The van der Waals surface area contributed by atoms with Gasteiger partial charge < -0.3 is 19.7 Å². The van der Waals surface area contributed by atoms with Crippen LogP contribution in [0.1, 0.15) is 43.7 Å². The van der Waals surface area contributed by atoms with Crippen molar-refractivity contribution in [2.45, 2.75) is 62.8 Å². The molecule has 24 heavy (non-hydrogen) atoms. The number of aliphatic hydroxyl groups excluding tert-OH is 1. The molecular weight excluding hydrogens is 308 g/mol. The van der Waals surface area contributed by atoms with Crippen LogP contribution in [0.15, 0.2) is 12.1 Å². The van der Waals surface area contributed by atoms with Crippen molar-refractivity contribution in [1.82, 2.24) is 0 Å². The predicted octanol–water partition coefficient (Wildman–Crippen LogP) is 1.89. The van der Waals surface area contributed by atoms with Gasteiger partial charge in [-0.25, -0.2) is 0 Å². The maximum Gasteiger partial charge on any atom is 0.177 e. The molecule has 5 atom stereocenters. The zero-order valence-corrected chi connectivity index (χ0v) is 14.3. The molecule has 1 spiro atoms. The highest BCUT2D eigenvalue weighted by atomic mass is 16.5. The van der Waals surface area contributed by atoms with Crippen LogP contribution in [0, 0.1) is 12.8 Å². The van der Waals surface area contributed by atoms with Gasteiger partial charge in [-0.05, 0) is 37.3 Å². The first-order valence-electron chi connectivity index (χ1n) is 8.65. The summed E-state index contributed by atoms with van der Waals surface area (Å²) in [5.41, 5.74) is -0.463. The Labute approximate surface area is 141 Å². The van der Waals surface area contributed by atoms with Crippen molar-refractivity contribution < 1.29 is 24.5 Å². The number of ketones is 1. The Morgan fingerprint density at radius 1 is 1.38 bits per heavy atom. The minimum absolute atomic E-state index is 0.0669. The molecule has 3 aliphatic rings. The lowest BCUT2D eigenvalue weighted by molar-refractivity contribution is -0.213. The molecule has 1 aromatic rings. The number of carbonyl (C=O) groups is 1. The quantitative estimate of drug-likeness (QED) is 0.821. The second-order valence-corrected chi connectivity index (χ2v) is 7.56. The van der Waals surface area contributed by atoms with Crippen molar-refractivity contribution in [1.29, 1.82) is 0 Å². The van der Waals surface area contributed by atoms with E-state index in [1.54, 1.807) is 7.11 Å². The van der Waals surface area contributed by atoms with E-state index < -0.39 is 23.2 Å². The topological polar surface area (TPSA) is 76.0 Å². The number of hydrogen-bond donors (Lipinski definition) is 2. The number of carbonyl (C=O) groups excluding carboxylic acids is 1. The van der Waals surface area contributed by atoms with Crippen LogP contribution in [-0.4, -0.2) is 40.9 Å². The highest BCUT2D eigenvalue weighted by Gasteiger charge is 2.72. The minimum atomic E-state index is -1.37. The fourth-order valence-electron chi connectivity index (χ4n) is 5.48. The summed E-state index contributed by atoms with van der Waals surface area (Å²) in [6, 6.07) is 3.76. The lowest BCUT2D eigenvalue weighted by Crippen LogP contribution is -2.73. The molecular formula is C19H24O5. The Morgan fingerprint density at radius 3 is 2.83 bits per heavy atom. The Balaban J connectivity index is 2.05. The molecule has 0 amide bonds. The van der Waals surface area contributed by atoms with Gasteiger partial charge in [-0.2, -0.15) is 0 Å². The van der Waals surface area contributed by atoms with Crippen molar-refractivity contribution in [3.05, 3.63) is 23.3 Å². The van der Waals surface area contributed by atoms with E-state index in [0.717, 1.165) is 24.0 Å². The number of methoxy groups -OCH3 is 1. The van der Waals surface area contributed by atoms with Gasteiger partial charge in [0.25, 0.3) is 0 Å². The molecule has 2 fully saturated rings. The van der Waals surface area contributed by atoms with Crippen LogP contribution in [-0.2, 0) is 10.2 Å². The Bertz CT molecular complexity index is 714. The lowest BCUT2D eigenvalue weighted by atomic mass is 9.48. The molecule has 1 aromatic carbocycles. The second-order valence-electron chi connectivity index (χ2n) is 7.56. The molecule has 2 N–H and O–H groups in total. The fourth-order valence-corrected chi connectivity index (χ4v) is 5.48. The number of ether oxygens (including phenoxy) is 2. The molecule has 130 valence electrons. The van der Waals surface area contributed by atoms with Gasteiger partial charge >= 0.3 is 0 Å². The van der Waals surface area contributed by atoms with Crippen molar-refractivity contribution in [3.63, 3.8) is 0 Å². The van der Waals surface area contributed by atoms with Gasteiger partial charge in [-0.15, -0.1) is 0 Å². The SMILES string of the molecule is COc1ccc(C)c2c1O[C@H]1C(=O)C[C@H](O)[C@@]3(O)[C@@H](C)CCC[C@]213. The highest BCUT2D eigenvalue weighted by molar-refractivity contribution is 5.90. The average Bonchev–Trinajstić information content (AvgIpc) is 2.90. The number of Topliss-reactive ketones (excluding diaryl/α,β-unsaturated/α-hetero) is 1. The third kappa shape index (κ3) is 1.60. The maximum absolute atomic E-state index is 12.7. The summed E-state index contributed by atoms with van der Waals surface area (Å²) in [5, 5.41) is 22.5. The van der Waals surface area contributed by atoms with E-state index >= 15 is 0 Å². The molecule has 1 heterocycles.